The summed E-state index contributed by atoms with van der Waals surface area (Å²) in [5.41, 5.74) is 16.3. The van der Waals surface area contributed by atoms with Crippen LogP contribution in [-0.4, -0.2) is 205 Å². The Morgan fingerprint density at radius 3 is 1.45 bits per heavy atom. The molecule has 2 aliphatic rings. The van der Waals surface area contributed by atoms with Crippen LogP contribution in [0.1, 0.15) is 127 Å². The fourth-order valence-electron chi connectivity index (χ4n) is 9.04. The molecule has 31 heteroatoms. The summed E-state index contributed by atoms with van der Waals surface area (Å²) in [5.74, 6) is -15.8. The minimum Gasteiger partial charge on any atom is -0.481 e. The number of carbonyl (C=O) groups is 14. The number of nitrogens with one attached hydrogen (secondary N) is 8. The number of rotatable bonds is 33. The molecule has 14 atom stereocenters. The number of likely N-dealkylation sites (tertiary alicyclic amines) is 2. The van der Waals surface area contributed by atoms with E-state index in [0.717, 1.165) is 16.7 Å². The summed E-state index contributed by atoms with van der Waals surface area (Å²) in [7, 11) is 0. The van der Waals surface area contributed by atoms with Crippen LogP contribution in [0.3, 0.4) is 0 Å². The monoisotopic (exact) mass is 1170 g/mol. The molecule has 462 valence electrons. The van der Waals surface area contributed by atoms with Crippen LogP contribution in [0.15, 0.2) is 0 Å². The van der Waals surface area contributed by atoms with E-state index in [1.165, 1.54) is 13.8 Å². The van der Waals surface area contributed by atoms with Crippen LogP contribution >= 0.6 is 0 Å². The molecule has 0 aromatic heterocycles. The molecule has 0 aliphatic carbocycles. The topological polar surface area (TPSA) is 501 Å². The smallest absolute Gasteiger partial charge is 0.305 e. The van der Waals surface area contributed by atoms with E-state index >= 15 is 0 Å². The van der Waals surface area contributed by atoms with E-state index in [0.29, 0.717) is 6.42 Å². The molecule has 0 aromatic rings. The van der Waals surface area contributed by atoms with Gasteiger partial charge >= 0.3 is 11.9 Å². The lowest BCUT2D eigenvalue weighted by Crippen LogP contribution is -2.62. The molecule has 18 N–H and O–H groups in total. The van der Waals surface area contributed by atoms with E-state index in [1.54, 1.807) is 41.5 Å². The highest BCUT2D eigenvalue weighted by Gasteiger charge is 2.44. The first-order valence-electron chi connectivity index (χ1n) is 27.3. The third kappa shape index (κ3) is 21.4. The predicted molar refractivity (Wildman–Crippen MR) is 288 cm³/mol. The van der Waals surface area contributed by atoms with Gasteiger partial charge < -0.3 is 90.0 Å². The number of primary amides is 2. The molecule has 82 heavy (non-hydrogen) atoms. The molecular formula is C51H85N13O18. The van der Waals surface area contributed by atoms with E-state index < -0.39 is 193 Å². The largest absolute Gasteiger partial charge is 0.481 e. The number of carboxylic acid groups (broad SMARTS) is 2. The van der Waals surface area contributed by atoms with Crippen molar-refractivity contribution in [2.24, 2.45) is 35.0 Å². The lowest BCUT2D eigenvalue weighted by atomic mass is 9.96. The second-order valence-electron chi connectivity index (χ2n) is 21.7. The third-order valence-corrected chi connectivity index (χ3v) is 14.0. The van der Waals surface area contributed by atoms with Crippen LogP contribution in [0.4, 0.5) is 0 Å². The average Bonchev–Trinajstić information content (AvgIpc) is 4.26. The molecule has 0 radical (unpaired) electrons. The fraction of sp³-hybridized carbons (Fsp3) is 0.725. The maximum absolute atomic E-state index is 14.4. The number of nitrogens with two attached hydrogens (primary N) is 3. The van der Waals surface area contributed by atoms with Crippen molar-refractivity contribution in [1.29, 1.82) is 0 Å². The first-order valence-corrected chi connectivity index (χ1v) is 27.3. The van der Waals surface area contributed by atoms with E-state index in [9.17, 15) is 87.5 Å². The van der Waals surface area contributed by atoms with Crippen LogP contribution in [0.2, 0.25) is 0 Å². The quantitative estimate of drug-likeness (QED) is 0.0291. The Morgan fingerprint density at radius 1 is 0.524 bits per heavy atom. The summed E-state index contributed by atoms with van der Waals surface area (Å²) in [6.07, 6.45) is -5.16. The van der Waals surface area contributed by atoms with Crippen LogP contribution < -0.4 is 59.7 Å². The fourth-order valence-corrected chi connectivity index (χ4v) is 9.04. The number of aliphatic carboxylic acids is 2. The van der Waals surface area contributed by atoms with E-state index in [4.69, 9.17) is 17.2 Å². The SMILES string of the molecule is CC[C@H](C)[C@H](NC(=O)[C@H](CCC(=O)O)NC(=O)[C@@H](NC(=O)[C@@H](N)C(C)C)[C@@H](C)O)C(=O)N1CCC[C@H]1C(=O)N[C@H](C(=O)N[C@@H](CC(=O)O)C(=O)N[C@@H](CC(C)C)C(=O)N1CCC[C@H]1C(=O)N[C@@H](C)C(=O)N[C@@H](CC(N)=O)C(N)=O)[C@@H](C)O. The zero-order valence-electron chi connectivity index (χ0n) is 47.9. The number of aliphatic hydroxyl groups is 2. The highest BCUT2D eigenvalue weighted by Crippen LogP contribution is 2.24. The summed E-state index contributed by atoms with van der Waals surface area (Å²) < 4.78 is 0. The van der Waals surface area contributed by atoms with E-state index in [2.05, 4.69) is 42.5 Å². The van der Waals surface area contributed by atoms with Gasteiger partial charge in [0.15, 0.2) is 0 Å². The zero-order chi connectivity index (χ0) is 62.6. The Morgan fingerprint density at radius 2 is 0.988 bits per heavy atom. The molecule has 2 fully saturated rings. The van der Waals surface area contributed by atoms with Gasteiger partial charge in [0, 0.05) is 19.5 Å². The highest BCUT2D eigenvalue weighted by atomic mass is 16.4. The van der Waals surface area contributed by atoms with Crippen LogP contribution in [0.5, 0.6) is 0 Å². The van der Waals surface area contributed by atoms with Gasteiger partial charge in [-0.25, -0.2) is 0 Å². The maximum Gasteiger partial charge on any atom is 0.305 e. The van der Waals surface area contributed by atoms with Gasteiger partial charge in [-0.2, -0.15) is 0 Å². The van der Waals surface area contributed by atoms with Crippen molar-refractivity contribution < 1.29 is 87.5 Å². The average molecular weight is 1170 g/mol. The first kappa shape index (κ1) is 70.6. The van der Waals surface area contributed by atoms with Crippen molar-refractivity contribution in [3.8, 4) is 0 Å². The number of amides is 12. The van der Waals surface area contributed by atoms with Gasteiger partial charge in [0.25, 0.3) is 0 Å². The van der Waals surface area contributed by atoms with Crippen molar-refractivity contribution >= 4 is 82.8 Å². The number of carbonyl (C=O) groups excluding carboxylic acids is 12. The molecule has 2 aliphatic heterocycles. The molecule has 0 bridgehead atoms. The van der Waals surface area contributed by atoms with Crippen molar-refractivity contribution in [3.63, 3.8) is 0 Å². The van der Waals surface area contributed by atoms with Gasteiger partial charge in [0.1, 0.15) is 60.4 Å². The standard InChI is InChI=1S/C51H85N13O18/c1-10-24(6)38(60-43(74)28(15-16-35(68)69)56-48(79)40(27(9)66)62-47(78)37(53)23(4)5)51(82)64-18-12-14-33(64)46(77)61-39(26(8)65)49(80)58-30(21-36(70)71)44(75)59-31(19-22(2)3)50(81)63-17-11-13-32(63)45(76)55-25(7)42(73)57-29(41(54)72)20-34(52)67/h22-33,37-40,65-66H,10-21,53H2,1-9H3,(H2,52,67)(H2,54,72)(H,55,76)(H,56,79)(H,57,73)(H,58,80)(H,59,75)(H,60,74)(H,61,77)(H,62,78)(H,68,69)(H,70,71)/t24-,25-,26+,27+,28-,29-,30-,31-,32-,33-,37-,38-,39-,40-/m0/s1. The van der Waals surface area contributed by atoms with Crippen molar-refractivity contribution in [2.75, 3.05) is 13.1 Å². The number of nitrogens with zero attached hydrogens (tertiary/aromatic N) is 2. The van der Waals surface area contributed by atoms with Crippen LogP contribution in [-0.2, 0) is 67.1 Å². The van der Waals surface area contributed by atoms with Crippen LogP contribution in [0, 0.1) is 17.8 Å². The van der Waals surface area contributed by atoms with E-state index in [-0.39, 0.29) is 57.0 Å². The lowest BCUT2D eigenvalue weighted by Gasteiger charge is -2.33. The summed E-state index contributed by atoms with van der Waals surface area (Å²) in [4.78, 5) is 186. The van der Waals surface area contributed by atoms with E-state index in [1.807, 2.05) is 0 Å². The van der Waals surface area contributed by atoms with Crippen molar-refractivity contribution in [3.05, 3.63) is 0 Å². The number of carboxylic acids is 2. The summed E-state index contributed by atoms with van der Waals surface area (Å²) in [6.45, 7) is 13.5. The normalized spacial score (nSPS) is 19.4. The number of hydrogen-bond donors (Lipinski definition) is 15. The molecule has 2 saturated heterocycles. The zero-order valence-corrected chi connectivity index (χ0v) is 47.9. The van der Waals surface area contributed by atoms with Gasteiger partial charge in [0.2, 0.25) is 70.9 Å². The van der Waals surface area contributed by atoms with Crippen molar-refractivity contribution in [2.45, 2.75) is 205 Å². The van der Waals surface area contributed by atoms with Crippen LogP contribution in [0.25, 0.3) is 0 Å². The van der Waals surface area contributed by atoms with Gasteiger partial charge in [0.05, 0.1) is 31.1 Å². The third-order valence-electron chi connectivity index (χ3n) is 14.0. The number of hydrogen-bond acceptors (Lipinski definition) is 17. The Hall–Kier alpha value is -7.54. The molecular weight excluding hydrogens is 1080 g/mol. The summed E-state index contributed by atoms with van der Waals surface area (Å²) in [5, 5.41) is 59.6. The molecule has 2 rings (SSSR count). The van der Waals surface area contributed by atoms with Gasteiger partial charge in [-0.3, -0.25) is 67.1 Å². The Labute approximate surface area is 474 Å². The summed E-state index contributed by atoms with van der Waals surface area (Å²) in [6, 6.07) is -16.3. The second-order valence-corrected chi connectivity index (χ2v) is 21.7. The first-order chi connectivity index (χ1) is 38.1. The minimum absolute atomic E-state index is 0.0100. The Bertz CT molecular complexity index is 2350. The minimum atomic E-state index is -1.94. The highest BCUT2D eigenvalue weighted by molar-refractivity contribution is 6.00. The lowest BCUT2D eigenvalue weighted by molar-refractivity contribution is -0.145. The molecule has 12 amide bonds. The van der Waals surface area contributed by atoms with Gasteiger partial charge in [-0.05, 0) is 77.0 Å². The molecule has 31 nitrogen and oxygen atoms in total. The second kappa shape index (κ2) is 32.8. The van der Waals surface area contributed by atoms with Gasteiger partial charge in [-0.15, -0.1) is 0 Å². The van der Waals surface area contributed by atoms with Gasteiger partial charge in [-0.1, -0.05) is 48.0 Å². The molecule has 0 spiro atoms. The van der Waals surface area contributed by atoms with Crippen molar-refractivity contribution in [1.82, 2.24) is 52.3 Å². The maximum atomic E-state index is 14.4. The molecule has 0 saturated carbocycles. The molecule has 2 heterocycles. The Kier molecular flexibility index (Phi) is 28.2. The molecule has 0 aromatic carbocycles. The molecule has 0 unspecified atom stereocenters. The summed E-state index contributed by atoms with van der Waals surface area (Å²) >= 11 is 0. The predicted octanol–water partition coefficient (Wildman–Crippen LogP) is -5.60. The Balaban J connectivity index is 2.34. The number of aliphatic hydroxyl groups excluding tert-OH is 2.